The van der Waals surface area contributed by atoms with Gasteiger partial charge >= 0.3 is 6.18 Å². The van der Waals surface area contributed by atoms with Crippen molar-refractivity contribution in [2.45, 2.75) is 6.18 Å². The highest BCUT2D eigenvalue weighted by Gasteiger charge is 2.31. The lowest BCUT2D eigenvalue weighted by molar-refractivity contribution is -0.137. The first-order chi connectivity index (χ1) is 11.9. The number of H-pyrrole nitrogens is 1. The van der Waals surface area contributed by atoms with E-state index in [2.05, 4.69) is 20.6 Å². The number of halogens is 3. The summed E-state index contributed by atoms with van der Waals surface area (Å²) in [5.41, 5.74) is 6.17. The van der Waals surface area contributed by atoms with Crippen molar-refractivity contribution in [3.8, 4) is 11.4 Å². The molecule has 1 aromatic heterocycles. The monoisotopic (exact) mass is 364 g/mol. The molecule has 10 heteroatoms. The van der Waals surface area contributed by atoms with E-state index in [1.54, 1.807) is 24.3 Å². The molecule has 128 valence electrons. The van der Waals surface area contributed by atoms with Gasteiger partial charge in [-0.15, -0.1) is 5.10 Å². The Morgan fingerprint density at radius 2 is 1.88 bits per heavy atom. The summed E-state index contributed by atoms with van der Waals surface area (Å²) in [6.07, 6.45) is -4.48. The molecule has 0 bridgehead atoms. The Hall–Kier alpha value is -3.01. The minimum Gasteiger partial charge on any atom is -0.376 e. The number of nitrogens with zero attached hydrogens (tertiary/aromatic N) is 4. The lowest BCUT2D eigenvalue weighted by Crippen LogP contribution is -2.31. The predicted octanol–water partition coefficient (Wildman–Crippen LogP) is 3.27. The van der Waals surface area contributed by atoms with Crippen LogP contribution in [0.15, 0.2) is 48.5 Å². The first-order valence-electron chi connectivity index (χ1n) is 6.98. The van der Waals surface area contributed by atoms with Crippen molar-refractivity contribution >= 4 is 28.7 Å². The minimum atomic E-state index is -4.48. The zero-order chi connectivity index (χ0) is 18.0. The molecule has 0 unspecified atom stereocenters. The van der Waals surface area contributed by atoms with Crippen molar-refractivity contribution in [2.24, 2.45) is 5.73 Å². The smallest absolute Gasteiger partial charge is 0.376 e. The number of anilines is 2. The van der Waals surface area contributed by atoms with Crippen LogP contribution >= 0.6 is 12.2 Å². The highest BCUT2D eigenvalue weighted by atomic mass is 32.1. The Morgan fingerprint density at radius 3 is 2.52 bits per heavy atom. The van der Waals surface area contributed by atoms with E-state index < -0.39 is 11.7 Å². The number of hydrogen-bond acceptors (Lipinski definition) is 4. The molecule has 1 heterocycles. The first kappa shape index (κ1) is 16.8. The fourth-order valence-electron chi connectivity index (χ4n) is 2.35. The molecule has 0 radical (unpaired) electrons. The summed E-state index contributed by atoms with van der Waals surface area (Å²) in [6.45, 7) is 0. The second-order valence-corrected chi connectivity index (χ2v) is 5.41. The first-order valence-corrected chi connectivity index (χ1v) is 7.38. The number of benzene rings is 2. The molecule has 0 spiro atoms. The Labute approximate surface area is 145 Å². The van der Waals surface area contributed by atoms with E-state index in [1.165, 1.54) is 17.0 Å². The van der Waals surface area contributed by atoms with Gasteiger partial charge in [-0.05, 0) is 53.0 Å². The van der Waals surface area contributed by atoms with E-state index in [4.69, 9.17) is 18.0 Å². The normalized spacial score (nSPS) is 11.3. The molecule has 0 saturated heterocycles. The fraction of sp³-hybridized carbons (Fsp3) is 0.0667. The van der Waals surface area contributed by atoms with Crippen molar-refractivity contribution in [1.82, 2.24) is 20.6 Å². The molecule has 0 fully saturated rings. The van der Waals surface area contributed by atoms with E-state index in [9.17, 15) is 13.2 Å². The van der Waals surface area contributed by atoms with Crippen LogP contribution in [0.25, 0.3) is 11.4 Å². The SMILES string of the molecule is NC(=S)N(c1cccc(C(F)(F)F)c1)c1ccccc1-c1nnn[nH]1. The van der Waals surface area contributed by atoms with Crippen LogP contribution in [0, 0.1) is 0 Å². The van der Waals surface area contributed by atoms with Crippen LogP contribution in [0.4, 0.5) is 24.5 Å². The van der Waals surface area contributed by atoms with Crippen LogP contribution in [-0.2, 0) is 6.18 Å². The average molecular weight is 364 g/mol. The summed E-state index contributed by atoms with van der Waals surface area (Å²) in [5, 5.41) is 13.4. The number of tetrazole rings is 1. The van der Waals surface area contributed by atoms with Crippen molar-refractivity contribution < 1.29 is 13.2 Å². The number of aromatic amines is 1. The number of thiocarbonyl (C=S) groups is 1. The van der Waals surface area contributed by atoms with Crippen molar-refractivity contribution in [3.63, 3.8) is 0 Å². The van der Waals surface area contributed by atoms with E-state index >= 15 is 0 Å². The van der Waals surface area contributed by atoms with Gasteiger partial charge in [-0.1, -0.05) is 18.2 Å². The minimum absolute atomic E-state index is 0.112. The second-order valence-electron chi connectivity index (χ2n) is 4.99. The average Bonchev–Trinajstić information content (AvgIpc) is 3.09. The molecule has 6 nitrogen and oxygen atoms in total. The summed E-state index contributed by atoms with van der Waals surface area (Å²) in [5.74, 6) is 0.337. The molecular weight excluding hydrogens is 353 g/mol. The molecule has 0 aliphatic rings. The van der Waals surface area contributed by atoms with Gasteiger partial charge in [0.1, 0.15) is 0 Å². The molecule has 25 heavy (non-hydrogen) atoms. The molecule has 3 rings (SSSR count). The Bertz CT molecular complexity index is 894. The maximum absolute atomic E-state index is 13.0. The quantitative estimate of drug-likeness (QED) is 0.694. The topological polar surface area (TPSA) is 83.7 Å². The summed E-state index contributed by atoms with van der Waals surface area (Å²) in [7, 11) is 0. The summed E-state index contributed by atoms with van der Waals surface area (Å²) >= 11 is 5.07. The Kier molecular flexibility index (Phi) is 4.36. The maximum Gasteiger partial charge on any atom is 0.416 e. The summed E-state index contributed by atoms with van der Waals surface area (Å²) in [6, 6.07) is 11.6. The van der Waals surface area contributed by atoms with Crippen molar-refractivity contribution in [2.75, 3.05) is 4.90 Å². The van der Waals surface area contributed by atoms with Gasteiger partial charge in [0.15, 0.2) is 10.9 Å². The number of rotatable bonds is 3. The largest absolute Gasteiger partial charge is 0.416 e. The molecule has 3 N–H and O–H groups in total. The lowest BCUT2D eigenvalue weighted by Gasteiger charge is -2.25. The Balaban J connectivity index is 2.15. The van der Waals surface area contributed by atoms with Crippen LogP contribution in [-0.4, -0.2) is 25.7 Å². The molecular formula is C15H11F3N6S. The highest BCUT2D eigenvalue weighted by molar-refractivity contribution is 7.80. The maximum atomic E-state index is 13.0. The summed E-state index contributed by atoms with van der Waals surface area (Å²) < 4.78 is 39.1. The molecule has 0 aliphatic carbocycles. The molecule has 0 amide bonds. The van der Waals surface area contributed by atoms with Crippen LogP contribution in [0.2, 0.25) is 0 Å². The van der Waals surface area contributed by atoms with Crippen LogP contribution < -0.4 is 10.6 Å². The van der Waals surface area contributed by atoms with Gasteiger partial charge in [-0.25, -0.2) is 5.10 Å². The fourth-order valence-corrected chi connectivity index (χ4v) is 2.55. The number of nitrogens with one attached hydrogen (secondary N) is 1. The third-order valence-corrected chi connectivity index (χ3v) is 3.58. The number of hydrogen-bond donors (Lipinski definition) is 2. The van der Waals surface area contributed by atoms with Crippen molar-refractivity contribution in [3.05, 3.63) is 54.1 Å². The molecule has 3 aromatic rings. The van der Waals surface area contributed by atoms with Gasteiger partial charge in [-0.3, -0.25) is 4.90 Å². The van der Waals surface area contributed by atoms with E-state index in [1.807, 2.05) is 0 Å². The molecule has 2 aromatic carbocycles. The number of aromatic nitrogens is 4. The zero-order valence-corrected chi connectivity index (χ0v) is 13.3. The number of nitrogens with two attached hydrogens (primary N) is 1. The van der Waals surface area contributed by atoms with Gasteiger partial charge in [0.25, 0.3) is 0 Å². The number of alkyl halides is 3. The standard InChI is InChI=1S/C15H11F3N6S/c16-15(17,18)9-4-3-5-10(8-9)24(14(19)25)12-7-2-1-6-11(12)13-20-22-23-21-13/h1-8H,(H2,19,25)(H,20,21,22,23). The lowest BCUT2D eigenvalue weighted by atomic mass is 10.1. The Morgan fingerprint density at radius 1 is 1.12 bits per heavy atom. The second kappa shape index (κ2) is 6.48. The van der Waals surface area contributed by atoms with E-state index in [0.29, 0.717) is 17.1 Å². The van der Waals surface area contributed by atoms with Gasteiger partial charge in [-0.2, -0.15) is 13.2 Å². The zero-order valence-electron chi connectivity index (χ0n) is 12.5. The van der Waals surface area contributed by atoms with Crippen LogP contribution in [0.1, 0.15) is 5.56 Å². The molecule has 0 saturated carbocycles. The molecule has 0 atom stereocenters. The summed E-state index contributed by atoms with van der Waals surface area (Å²) in [4.78, 5) is 1.34. The third kappa shape index (κ3) is 3.43. The van der Waals surface area contributed by atoms with E-state index in [-0.39, 0.29) is 10.8 Å². The van der Waals surface area contributed by atoms with E-state index in [0.717, 1.165) is 12.1 Å². The highest BCUT2D eigenvalue weighted by Crippen LogP contribution is 2.36. The predicted molar refractivity (Wildman–Crippen MR) is 90.0 cm³/mol. The third-order valence-electron chi connectivity index (χ3n) is 3.40. The van der Waals surface area contributed by atoms with Crippen LogP contribution in [0.5, 0.6) is 0 Å². The van der Waals surface area contributed by atoms with Gasteiger partial charge < -0.3 is 5.73 Å². The molecule has 0 aliphatic heterocycles. The number of para-hydroxylation sites is 1. The van der Waals surface area contributed by atoms with Gasteiger partial charge in [0, 0.05) is 11.3 Å². The van der Waals surface area contributed by atoms with Crippen molar-refractivity contribution in [1.29, 1.82) is 0 Å². The van der Waals surface area contributed by atoms with Gasteiger partial charge in [0.05, 0.1) is 11.3 Å². The van der Waals surface area contributed by atoms with Gasteiger partial charge in [0.2, 0.25) is 0 Å². The van der Waals surface area contributed by atoms with Crippen LogP contribution in [0.3, 0.4) is 0 Å².